The van der Waals surface area contributed by atoms with Crippen molar-refractivity contribution in [1.82, 2.24) is 4.98 Å². The van der Waals surface area contributed by atoms with Gasteiger partial charge in [-0.25, -0.2) is 9.78 Å². The van der Waals surface area contributed by atoms with Crippen LogP contribution in [-0.2, 0) is 0 Å². The molecule has 2 rings (SSSR count). The van der Waals surface area contributed by atoms with Gasteiger partial charge in [0.25, 0.3) is 0 Å². The van der Waals surface area contributed by atoms with Crippen molar-refractivity contribution in [3.05, 3.63) is 50.0 Å². The zero-order valence-electron chi connectivity index (χ0n) is 9.12. The molecule has 0 amide bonds. The normalized spacial score (nSPS) is 10.5. The Hall–Kier alpha value is -1.000. The molecule has 0 radical (unpaired) electrons. The van der Waals surface area contributed by atoms with Gasteiger partial charge < -0.3 is 5.11 Å². The maximum absolute atomic E-state index is 11.0. The number of aromatic nitrogens is 1. The zero-order valence-corrected chi connectivity index (χ0v) is 12.1. The van der Waals surface area contributed by atoms with E-state index in [1.165, 1.54) is 6.07 Å². The number of aromatic carboxylic acids is 1. The molecule has 0 saturated carbocycles. The number of carboxylic acids is 1. The van der Waals surface area contributed by atoms with E-state index in [1.54, 1.807) is 18.2 Å². The first-order chi connectivity index (χ1) is 8.91. The van der Waals surface area contributed by atoms with Crippen LogP contribution < -0.4 is 0 Å². The molecule has 1 aromatic carbocycles. The summed E-state index contributed by atoms with van der Waals surface area (Å²) in [5.41, 5.74) is 0.585. The van der Waals surface area contributed by atoms with E-state index in [1.807, 2.05) is 0 Å². The van der Waals surface area contributed by atoms with Crippen LogP contribution in [0, 0.1) is 0 Å². The van der Waals surface area contributed by atoms with Crippen molar-refractivity contribution in [2.24, 2.45) is 0 Å². The maximum atomic E-state index is 11.0. The SMILES string of the molecule is O=C(O)c1nc(-c2ccc(Cl)c(Cl)c2Cl)ccc1Cl. The lowest BCUT2D eigenvalue weighted by Crippen LogP contribution is -2.02. The van der Waals surface area contributed by atoms with Crippen LogP contribution in [-0.4, -0.2) is 16.1 Å². The minimum atomic E-state index is -1.22. The van der Waals surface area contributed by atoms with Crippen LogP contribution in [0.3, 0.4) is 0 Å². The Labute approximate surface area is 128 Å². The van der Waals surface area contributed by atoms with Crippen LogP contribution in [0.1, 0.15) is 10.5 Å². The van der Waals surface area contributed by atoms with Gasteiger partial charge in [0, 0.05) is 5.56 Å². The molecule has 7 heteroatoms. The number of rotatable bonds is 2. The number of carboxylic acid groups (broad SMARTS) is 1. The van der Waals surface area contributed by atoms with Crippen LogP contribution in [0.4, 0.5) is 0 Å². The van der Waals surface area contributed by atoms with Crippen molar-refractivity contribution in [3.63, 3.8) is 0 Å². The minimum Gasteiger partial charge on any atom is -0.476 e. The van der Waals surface area contributed by atoms with Gasteiger partial charge in [-0.2, -0.15) is 0 Å². The Bertz CT molecular complexity index is 673. The molecule has 0 unspecified atom stereocenters. The molecule has 2 aromatic rings. The molecule has 0 bridgehead atoms. The van der Waals surface area contributed by atoms with Crippen LogP contribution in [0.5, 0.6) is 0 Å². The highest BCUT2D eigenvalue weighted by Crippen LogP contribution is 2.37. The summed E-state index contributed by atoms with van der Waals surface area (Å²) in [5, 5.41) is 9.73. The standard InChI is InChI=1S/C12H5Cl4NO2/c13-6-2-1-5(9(15)10(6)16)8-4-3-7(14)11(17-8)12(18)19/h1-4H,(H,18,19). The lowest BCUT2D eigenvalue weighted by molar-refractivity contribution is 0.0691. The second kappa shape index (κ2) is 5.55. The van der Waals surface area contributed by atoms with Gasteiger partial charge >= 0.3 is 5.97 Å². The molecule has 98 valence electrons. The van der Waals surface area contributed by atoms with E-state index < -0.39 is 5.97 Å². The van der Waals surface area contributed by atoms with E-state index in [0.717, 1.165) is 0 Å². The van der Waals surface area contributed by atoms with Crippen LogP contribution in [0.2, 0.25) is 20.1 Å². The monoisotopic (exact) mass is 335 g/mol. The summed E-state index contributed by atoms with van der Waals surface area (Å²) in [6, 6.07) is 6.16. The van der Waals surface area contributed by atoms with Gasteiger partial charge in [0.1, 0.15) is 0 Å². The Kier molecular flexibility index (Phi) is 4.21. The fraction of sp³-hybridized carbons (Fsp3) is 0. The van der Waals surface area contributed by atoms with Gasteiger partial charge in [0.2, 0.25) is 0 Å². The highest BCUT2D eigenvalue weighted by atomic mass is 35.5. The molecule has 0 aliphatic carbocycles. The molecule has 3 nitrogen and oxygen atoms in total. The maximum Gasteiger partial charge on any atom is 0.356 e. The van der Waals surface area contributed by atoms with Crippen molar-refractivity contribution in [2.45, 2.75) is 0 Å². The molecule has 0 aliphatic heterocycles. The molecular formula is C12H5Cl4NO2. The number of nitrogens with zero attached hydrogens (tertiary/aromatic N) is 1. The summed E-state index contributed by atoms with van der Waals surface area (Å²) < 4.78 is 0. The molecule has 0 fully saturated rings. The summed E-state index contributed by atoms with van der Waals surface area (Å²) in [7, 11) is 0. The number of halogens is 4. The highest BCUT2D eigenvalue weighted by molar-refractivity contribution is 6.49. The van der Waals surface area contributed by atoms with E-state index in [4.69, 9.17) is 51.5 Å². The first-order valence-corrected chi connectivity index (χ1v) is 6.46. The number of pyridine rings is 1. The first kappa shape index (κ1) is 14.4. The number of hydrogen-bond acceptors (Lipinski definition) is 2. The van der Waals surface area contributed by atoms with E-state index in [9.17, 15) is 4.79 Å². The number of hydrogen-bond donors (Lipinski definition) is 1. The lowest BCUT2D eigenvalue weighted by Gasteiger charge is -2.08. The van der Waals surface area contributed by atoms with Crippen molar-refractivity contribution in [3.8, 4) is 11.3 Å². The molecule has 1 aromatic heterocycles. The van der Waals surface area contributed by atoms with Gasteiger partial charge in [-0.05, 0) is 24.3 Å². The van der Waals surface area contributed by atoms with E-state index in [-0.39, 0.29) is 20.8 Å². The summed E-state index contributed by atoms with van der Waals surface area (Å²) in [5.74, 6) is -1.22. The summed E-state index contributed by atoms with van der Waals surface area (Å²) >= 11 is 23.6. The second-order valence-corrected chi connectivity index (χ2v) is 5.13. The average molecular weight is 337 g/mol. The largest absolute Gasteiger partial charge is 0.476 e. The second-order valence-electron chi connectivity index (χ2n) is 3.55. The van der Waals surface area contributed by atoms with E-state index in [0.29, 0.717) is 16.3 Å². The van der Waals surface area contributed by atoms with Gasteiger partial charge in [-0.1, -0.05) is 46.4 Å². The summed E-state index contributed by atoms with van der Waals surface area (Å²) in [4.78, 5) is 14.9. The fourth-order valence-electron chi connectivity index (χ4n) is 1.47. The average Bonchev–Trinajstić information content (AvgIpc) is 2.37. The van der Waals surface area contributed by atoms with Crippen molar-refractivity contribution in [1.29, 1.82) is 0 Å². The van der Waals surface area contributed by atoms with Crippen molar-refractivity contribution >= 4 is 52.4 Å². The topological polar surface area (TPSA) is 50.2 Å². The molecule has 0 saturated heterocycles. The van der Waals surface area contributed by atoms with Gasteiger partial charge in [-0.3, -0.25) is 0 Å². The Balaban J connectivity index is 2.63. The molecular weight excluding hydrogens is 332 g/mol. The molecule has 0 aliphatic rings. The minimum absolute atomic E-state index is 0.0485. The molecule has 0 spiro atoms. The first-order valence-electron chi connectivity index (χ1n) is 4.95. The van der Waals surface area contributed by atoms with Gasteiger partial charge in [-0.15, -0.1) is 0 Å². The molecule has 1 heterocycles. The number of carbonyl (C=O) groups is 1. The molecule has 19 heavy (non-hydrogen) atoms. The fourth-order valence-corrected chi connectivity index (χ4v) is 2.28. The Morgan fingerprint density at radius 1 is 0.947 bits per heavy atom. The third-order valence-electron chi connectivity index (χ3n) is 2.36. The third kappa shape index (κ3) is 2.79. The molecule has 1 N–H and O–H groups in total. The van der Waals surface area contributed by atoms with E-state index in [2.05, 4.69) is 4.98 Å². The predicted octanol–water partition coefficient (Wildman–Crippen LogP) is 5.06. The van der Waals surface area contributed by atoms with Crippen molar-refractivity contribution in [2.75, 3.05) is 0 Å². The van der Waals surface area contributed by atoms with Gasteiger partial charge in [0.15, 0.2) is 5.69 Å². The lowest BCUT2D eigenvalue weighted by atomic mass is 10.1. The predicted molar refractivity (Wildman–Crippen MR) is 76.7 cm³/mol. The molecule has 0 atom stereocenters. The van der Waals surface area contributed by atoms with Gasteiger partial charge in [0.05, 0.1) is 25.8 Å². The summed E-state index contributed by atoms with van der Waals surface area (Å²) in [6.45, 7) is 0. The van der Waals surface area contributed by atoms with Crippen molar-refractivity contribution < 1.29 is 9.90 Å². The van der Waals surface area contributed by atoms with Crippen LogP contribution in [0.15, 0.2) is 24.3 Å². The quantitative estimate of drug-likeness (QED) is 0.780. The van der Waals surface area contributed by atoms with E-state index >= 15 is 0 Å². The Morgan fingerprint density at radius 3 is 2.21 bits per heavy atom. The van der Waals surface area contributed by atoms with Crippen LogP contribution >= 0.6 is 46.4 Å². The smallest absolute Gasteiger partial charge is 0.356 e. The third-order valence-corrected chi connectivity index (χ3v) is 3.96. The summed E-state index contributed by atoms with van der Waals surface area (Å²) in [6.07, 6.45) is 0. The zero-order chi connectivity index (χ0) is 14.2. The Morgan fingerprint density at radius 2 is 1.58 bits per heavy atom. The van der Waals surface area contributed by atoms with Crippen LogP contribution in [0.25, 0.3) is 11.3 Å². The number of benzene rings is 1. The highest BCUT2D eigenvalue weighted by Gasteiger charge is 2.16.